The Morgan fingerprint density at radius 2 is 1.41 bits per heavy atom. The van der Waals surface area contributed by atoms with Crippen molar-refractivity contribution in [2.75, 3.05) is 52.5 Å². The molecule has 0 saturated carbocycles. The van der Waals surface area contributed by atoms with Crippen LogP contribution in [0.2, 0.25) is 0 Å². The summed E-state index contributed by atoms with van der Waals surface area (Å²) in [6, 6.07) is 0.249. The Morgan fingerprint density at radius 3 is 2.00 bits per heavy atom. The van der Waals surface area contributed by atoms with Crippen molar-refractivity contribution in [1.82, 2.24) is 14.9 Å². The minimum absolute atomic E-state index is 0. The van der Waals surface area contributed by atoms with Crippen LogP contribution in [0, 0.1) is 0 Å². The molecule has 0 aromatic rings. The van der Waals surface area contributed by atoms with Gasteiger partial charge in [-0.25, -0.2) is 5.06 Å². The number of hydrogen-bond acceptors (Lipinski definition) is 5. The van der Waals surface area contributed by atoms with E-state index in [-0.39, 0.29) is 18.4 Å². The summed E-state index contributed by atoms with van der Waals surface area (Å²) >= 11 is 0. The number of likely N-dealkylation sites (tertiary alicyclic amines) is 1. The van der Waals surface area contributed by atoms with Crippen LogP contribution in [-0.4, -0.2) is 85.8 Å². The summed E-state index contributed by atoms with van der Waals surface area (Å²) in [5.41, 5.74) is 0. The fourth-order valence-corrected chi connectivity index (χ4v) is 6.15. The average Bonchev–Trinajstić information content (AvgIpc) is 2.99. The summed E-state index contributed by atoms with van der Waals surface area (Å²) in [5, 5.41) is 1.44. The van der Waals surface area contributed by atoms with Gasteiger partial charge >= 0.3 is 0 Å². The average molecular weight is 602 g/mol. The number of amides is 2. The molecule has 0 aromatic heterocycles. The highest BCUT2D eigenvalue weighted by Gasteiger charge is 2.26. The molecule has 0 bridgehead atoms. The number of hydroxylamine groups is 2. The molecule has 2 amide bonds. The van der Waals surface area contributed by atoms with Gasteiger partial charge in [0, 0.05) is 45.2 Å². The molecule has 2 aliphatic rings. The molecule has 2 fully saturated rings. The molecule has 0 aliphatic carbocycles. The second-order valence-corrected chi connectivity index (χ2v) is 12.1. The Hall–Kier alpha value is -0.890. The SMILES string of the molecule is CCCCCCCCCCCCCCCCCC(=O)N1CCCCC1CCON(C=O)CCCN1CCOCC1.Cl. The van der Waals surface area contributed by atoms with Crippen molar-refractivity contribution < 1.29 is 19.2 Å². The van der Waals surface area contributed by atoms with Gasteiger partial charge < -0.3 is 9.64 Å². The maximum atomic E-state index is 13.0. The van der Waals surface area contributed by atoms with Gasteiger partial charge in [0.2, 0.25) is 12.3 Å². The molecule has 0 aromatic carbocycles. The third kappa shape index (κ3) is 19.1. The maximum absolute atomic E-state index is 13.0. The fourth-order valence-electron chi connectivity index (χ4n) is 6.15. The van der Waals surface area contributed by atoms with Crippen molar-refractivity contribution in [2.24, 2.45) is 0 Å². The van der Waals surface area contributed by atoms with Gasteiger partial charge in [0.05, 0.1) is 19.8 Å². The Labute approximate surface area is 258 Å². The van der Waals surface area contributed by atoms with Gasteiger partial charge in [-0.3, -0.25) is 19.3 Å². The van der Waals surface area contributed by atoms with Crippen LogP contribution < -0.4 is 0 Å². The van der Waals surface area contributed by atoms with Gasteiger partial charge in [0.1, 0.15) is 0 Å². The minimum atomic E-state index is 0. The number of morpholine rings is 1. The predicted octanol–water partition coefficient (Wildman–Crippen LogP) is 7.55. The fraction of sp³-hybridized carbons (Fsp3) is 0.939. The van der Waals surface area contributed by atoms with E-state index in [1.54, 1.807) is 0 Å². The number of ether oxygens (including phenoxy) is 1. The normalized spacial score (nSPS) is 17.8. The number of carbonyl (C=O) groups is 2. The molecule has 2 saturated heterocycles. The quantitative estimate of drug-likeness (QED) is 0.0614. The lowest BCUT2D eigenvalue weighted by Gasteiger charge is -2.36. The zero-order valence-electron chi connectivity index (χ0n) is 26.5. The molecule has 7 nitrogen and oxygen atoms in total. The molecule has 2 aliphatic heterocycles. The van der Waals surface area contributed by atoms with Crippen molar-refractivity contribution in [3.63, 3.8) is 0 Å². The summed E-state index contributed by atoms with van der Waals surface area (Å²) in [5.74, 6) is 0.317. The van der Waals surface area contributed by atoms with Crippen molar-refractivity contribution in [2.45, 2.75) is 148 Å². The van der Waals surface area contributed by atoms with E-state index in [0.29, 0.717) is 25.5 Å². The highest BCUT2D eigenvalue weighted by Crippen LogP contribution is 2.22. The monoisotopic (exact) mass is 601 g/mol. The summed E-state index contributed by atoms with van der Waals surface area (Å²) in [4.78, 5) is 34.7. The first-order valence-corrected chi connectivity index (χ1v) is 17.2. The smallest absolute Gasteiger partial charge is 0.233 e. The lowest BCUT2D eigenvalue weighted by atomic mass is 9.98. The Kier molecular flexibility index (Phi) is 24.8. The minimum Gasteiger partial charge on any atom is -0.379 e. The summed E-state index contributed by atoms with van der Waals surface area (Å²) < 4.78 is 5.39. The first-order chi connectivity index (χ1) is 19.7. The molecule has 1 unspecified atom stereocenters. The highest BCUT2D eigenvalue weighted by molar-refractivity contribution is 5.85. The van der Waals surface area contributed by atoms with Crippen LogP contribution in [-0.2, 0) is 19.2 Å². The van der Waals surface area contributed by atoms with Crippen molar-refractivity contribution in [1.29, 1.82) is 0 Å². The molecular weight excluding hydrogens is 538 g/mol. The van der Waals surface area contributed by atoms with E-state index < -0.39 is 0 Å². The second-order valence-electron chi connectivity index (χ2n) is 12.1. The predicted molar refractivity (Wildman–Crippen MR) is 171 cm³/mol. The van der Waals surface area contributed by atoms with E-state index in [0.717, 1.165) is 77.9 Å². The van der Waals surface area contributed by atoms with E-state index >= 15 is 0 Å². The Morgan fingerprint density at radius 1 is 0.829 bits per heavy atom. The maximum Gasteiger partial charge on any atom is 0.233 e. The van der Waals surface area contributed by atoms with E-state index in [1.165, 1.54) is 101 Å². The van der Waals surface area contributed by atoms with Gasteiger partial charge in [0.25, 0.3) is 0 Å². The topological polar surface area (TPSA) is 62.3 Å². The lowest BCUT2D eigenvalue weighted by Crippen LogP contribution is -2.44. The van der Waals surface area contributed by atoms with Gasteiger partial charge in [-0.2, -0.15) is 0 Å². The van der Waals surface area contributed by atoms with Gasteiger partial charge in [-0.05, 0) is 38.5 Å². The number of unbranched alkanes of at least 4 members (excludes halogenated alkanes) is 14. The van der Waals surface area contributed by atoms with Crippen LogP contribution in [0.1, 0.15) is 142 Å². The number of carbonyl (C=O) groups excluding carboxylic acids is 2. The van der Waals surface area contributed by atoms with Crippen LogP contribution in [0.4, 0.5) is 0 Å². The molecular formula is C33H64ClN3O4. The molecule has 1 atom stereocenters. The van der Waals surface area contributed by atoms with Crippen LogP contribution >= 0.6 is 12.4 Å². The van der Waals surface area contributed by atoms with Crippen molar-refractivity contribution in [3.05, 3.63) is 0 Å². The molecule has 8 heteroatoms. The molecule has 0 N–H and O–H groups in total. The molecule has 0 radical (unpaired) electrons. The molecule has 2 rings (SSSR count). The van der Waals surface area contributed by atoms with E-state index in [4.69, 9.17) is 9.57 Å². The third-order valence-corrected chi connectivity index (χ3v) is 8.72. The van der Waals surface area contributed by atoms with Crippen LogP contribution in [0.25, 0.3) is 0 Å². The van der Waals surface area contributed by atoms with Gasteiger partial charge in [-0.1, -0.05) is 96.8 Å². The first kappa shape index (κ1) is 38.1. The largest absolute Gasteiger partial charge is 0.379 e. The van der Waals surface area contributed by atoms with Crippen molar-refractivity contribution >= 4 is 24.7 Å². The summed E-state index contributed by atoms with van der Waals surface area (Å²) in [6.07, 6.45) is 26.6. The van der Waals surface area contributed by atoms with E-state index in [2.05, 4.69) is 16.7 Å². The van der Waals surface area contributed by atoms with E-state index in [9.17, 15) is 9.59 Å². The number of hydrogen-bond donors (Lipinski definition) is 0. The summed E-state index contributed by atoms with van der Waals surface area (Å²) in [6.45, 7) is 8.73. The highest BCUT2D eigenvalue weighted by atomic mass is 35.5. The zero-order valence-corrected chi connectivity index (χ0v) is 27.4. The third-order valence-electron chi connectivity index (χ3n) is 8.72. The first-order valence-electron chi connectivity index (χ1n) is 17.2. The number of halogens is 1. The zero-order chi connectivity index (χ0) is 28.5. The number of nitrogens with zero attached hydrogens (tertiary/aromatic N) is 3. The lowest BCUT2D eigenvalue weighted by molar-refractivity contribution is -0.175. The Balaban J connectivity index is 0.00000840. The van der Waals surface area contributed by atoms with Gasteiger partial charge in [0.15, 0.2) is 0 Å². The molecule has 2 heterocycles. The molecule has 0 spiro atoms. The van der Waals surface area contributed by atoms with Gasteiger partial charge in [-0.15, -0.1) is 12.4 Å². The number of piperidine rings is 1. The van der Waals surface area contributed by atoms with E-state index in [1.807, 2.05) is 0 Å². The second kappa shape index (κ2) is 26.7. The Bertz CT molecular complexity index is 621. The van der Waals surface area contributed by atoms with Crippen LogP contribution in [0.5, 0.6) is 0 Å². The van der Waals surface area contributed by atoms with Crippen LogP contribution in [0.15, 0.2) is 0 Å². The van der Waals surface area contributed by atoms with Crippen molar-refractivity contribution in [3.8, 4) is 0 Å². The molecule has 41 heavy (non-hydrogen) atoms. The standard InChI is InChI=1S/C33H63N3O4.ClH/c1-2-3-4-5-6-7-8-9-10-11-12-13-14-15-16-21-33(38)36-25-18-17-20-32(36)22-28-40-35(31-37)24-19-23-34-26-29-39-30-27-34;/h31-32H,2-30H2,1H3;1H. The number of rotatable bonds is 25. The molecule has 242 valence electrons. The van der Waals surface area contributed by atoms with Crippen LogP contribution in [0.3, 0.4) is 0 Å². The summed E-state index contributed by atoms with van der Waals surface area (Å²) in [7, 11) is 0.